The van der Waals surface area contributed by atoms with Crippen molar-refractivity contribution >= 4 is 5.69 Å². The first-order valence-corrected chi connectivity index (χ1v) is 6.82. The Morgan fingerprint density at radius 2 is 2.06 bits per heavy atom. The van der Waals surface area contributed by atoms with Crippen molar-refractivity contribution in [2.24, 2.45) is 0 Å². The Morgan fingerprint density at radius 3 is 2.71 bits per heavy atom. The highest BCUT2D eigenvalue weighted by Crippen LogP contribution is 2.16. The fourth-order valence-electron chi connectivity index (χ4n) is 2.58. The second kappa shape index (κ2) is 6.06. The Kier molecular flexibility index (Phi) is 4.43. The lowest BCUT2D eigenvalue weighted by Crippen LogP contribution is -2.39. The van der Waals surface area contributed by atoms with Crippen molar-refractivity contribution in [3.8, 4) is 0 Å². The third kappa shape index (κ3) is 3.74. The predicted octanol–water partition coefficient (Wildman–Crippen LogP) is 3.15. The van der Waals surface area contributed by atoms with Crippen molar-refractivity contribution < 1.29 is 0 Å². The number of nitrogens with one attached hydrogen (secondary N) is 1. The Morgan fingerprint density at radius 1 is 1.29 bits per heavy atom. The van der Waals surface area contributed by atoms with Gasteiger partial charge in [-0.15, -0.1) is 0 Å². The van der Waals surface area contributed by atoms with Crippen LogP contribution in [0.2, 0.25) is 0 Å². The summed E-state index contributed by atoms with van der Waals surface area (Å²) in [4.78, 5) is 2.41. The highest BCUT2D eigenvalue weighted by atomic mass is 15.1. The van der Waals surface area contributed by atoms with E-state index in [1.165, 1.54) is 43.5 Å². The standard InChI is InChI=1S/C15H24N2/c1-3-5-13-7-9-14(10-8-13)16-15-6-4-11-17(2)12-15/h7-10,15-16H,3-6,11-12H2,1-2H3. The van der Waals surface area contributed by atoms with E-state index in [1.54, 1.807) is 0 Å². The van der Waals surface area contributed by atoms with Gasteiger partial charge in [0.25, 0.3) is 0 Å². The van der Waals surface area contributed by atoms with Gasteiger partial charge in [-0.25, -0.2) is 0 Å². The van der Waals surface area contributed by atoms with E-state index < -0.39 is 0 Å². The number of anilines is 1. The molecule has 94 valence electrons. The molecule has 0 bridgehead atoms. The van der Waals surface area contributed by atoms with Crippen molar-refractivity contribution in [2.45, 2.75) is 38.6 Å². The minimum Gasteiger partial charge on any atom is -0.381 e. The van der Waals surface area contributed by atoms with E-state index in [2.05, 4.69) is 48.5 Å². The maximum atomic E-state index is 3.64. The lowest BCUT2D eigenvalue weighted by atomic mass is 10.1. The number of nitrogens with zero attached hydrogens (tertiary/aromatic N) is 1. The molecule has 1 fully saturated rings. The van der Waals surface area contributed by atoms with Crippen LogP contribution in [0.15, 0.2) is 24.3 Å². The predicted molar refractivity (Wildman–Crippen MR) is 74.6 cm³/mol. The summed E-state index contributed by atoms with van der Waals surface area (Å²) in [5.41, 5.74) is 2.71. The van der Waals surface area contributed by atoms with Gasteiger partial charge in [0.05, 0.1) is 0 Å². The molecule has 1 heterocycles. The number of likely N-dealkylation sites (tertiary alicyclic amines) is 1. The maximum Gasteiger partial charge on any atom is 0.0388 e. The zero-order valence-electron chi connectivity index (χ0n) is 11.1. The van der Waals surface area contributed by atoms with Crippen molar-refractivity contribution in [1.82, 2.24) is 4.90 Å². The lowest BCUT2D eigenvalue weighted by Gasteiger charge is -2.30. The van der Waals surface area contributed by atoms with Crippen LogP contribution < -0.4 is 5.32 Å². The molecule has 0 radical (unpaired) electrons. The molecule has 0 saturated carbocycles. The Bertz CT molecular complexity index is 331. The van der Waals surface area contributed by atoms with Gasteiger partial charge in [0, 0.05) is 18.3 Å². The summed E-state index contributed by atoms with van der Waals surface area (Å²) in [5.74, 6) is 0. The van der Waals surface area contributed by atoms with Crippen LogP contribution in [-0.4, -0.2) is 31.1 Å². The van der Waals surface area contributed by atoms with Gasteiger partial charge in [-0.2, -0.15) is 0 Å². The fourth-order valence-corrected chi connectivity index (χ4v) is 2.58. The summed E-state index contributed by atoms with van der Waals surface area (Å²) in [6.07, 6.45) is 5.01. The summed E-state index contributed by atoms with van der Waals surface area (Å²) in [6, 6.07) is 9.56. The summed E-state index contributed by atoms with van der Waals surface area (Å²) in [7, 11) is 2.21. The third-order valence-corrected chi connectivity index (χ3v) is 3.49. The van der Waals surface area contributed by atoms with Gasteiger partial charge in [0.15, 0.2) is 0 Å². The summed E-state index contributed by atoms with van der Waals surface area (Å²) in [5, 5.41) is 3.64. The van der Waals surface area contributed by atoms with Gasteiger partial charge in [0.2, 0.25) is 0 Å². The minimum absolute atomic E-state index is 0.616. The number of rotatable bonds is 4. The van der Waals surface area contributed by atoms with Gasteiger partial charge in [-0.1, -0.05) is 25.5 Å². The molecule has 1 aromatic carbocycles. The molecule has 1 aliphatic rings. The van der Waals surface area contributed by atoms with Crippen LogP contribution in [0, 0.1) is 0 Å². The zero-order valence-corrected chi connectivity index (χ0v) is 11.1. The van der Waals surface area contributed by atoms with Crippen molar-refractivity contribution in [2.75, 3.05) is 25.5 Å². The molecule has 2 heteroatoms. The Balaban J connectivity index is 1.89. The summed E-state index contributed by atoms with van der Waals surface area (Å²) in [6.45, 7) is 4.63. The third-order valence-electron chi connectivity index (χ3n) is 3.49. The fraction of sp³-hybridized carbons (Fsp3) is 0.600. The summed E-state index contributed by atoms with van der Waals surface area (Å²) >= 11 is 0. The Hall–Kier alpha value is -1.02. The van der Waals surface area contributed by atoms with E-state index in [1.807, 2.05) is 0 Å². The number of aryl methyl sites for hydroxylation is 1. The first kappa shape index (κ1) is 12.4. The number of likely N-dealkylation sites (N-methyl/N-ethyl adjacent to an activating group) is 1. The minimum atomic E-state index is 0.616. The lowest BCUT2D eigenvalue weighted by molar-refractivity contribution is 0.261. The molecular weight excluding hydrogens is 208 g/mol. The molecule has 1 N–H and O–H groups in total. The van der Waals surface area contributed by atoms with Gasteiger partial charge in [-0.3, -0.25) is 0 Å². The highest BCUT2D eigenvalue weighted by Gasteiger charge is 2.16. The van der Waals surface area contributed by atoms with Crippen LogP contribution in [0.1, 0.15) is 31.7 Å². The van der Waals surface area contributed by atoms with Crippen LogP contribution in [0.4, 0.5) is 5.69 Å². The zero-order chi connectivity index (χ0) is 12.1. The van der Waals surface area contributed by atoms with Gasteiger partial charge >= 0.3 is 0 Å². The normalized spacial score (nSPS) is 21.4. The quantitative estimate of drug-likeness (QED) is 0.858. The van der Waals surface area contributed by atoms with E-state index in [-0.39, 0.29) is 0 Å². The van der Waals surface area contributed by atoms with Gasteiger partial charge < -0.3 is 10.2 Å². The molecule has 0 aromatic heterocycles. The second-order valence-electron chi connectivity index (χ2n) is 5.19. The van der Waals surface area contributed by atoms with Gasteiger partial charge in [-0.05, 0) is 50.6 Å². The van der Waals surface area contributed by atoms with Gasteiger partial charge in [0.1, 0.15) is 0 Å². The molecule has 2 nitrogen and oxygen atoms in total. The van der Waals surface area contributed by atoms with E-state index in [0.29, 0.717) is 6.04 Å². The van der Waals surface area contributed by atoms with E-state index in [9.17, 15) is 0 Å². The van der Waals surface area contributed by atoms with E-state index in [0.717, 1.165) is 6.54 Å². The average Bonchev–Trinajstić information content (AvgIpc) is 2.32. The highest BCUT2D eigenvalue weighted by molar-refractivity contribution is 5.45. The first-order valence-electron chi connectivity index (χ1n) is 6.82. The van der Waals surface area contributed by atoms with Crippen molar-refractivity contribution in [1.29, 1.82) is 0 Å². The molecule has 1 unspecified atom stereocenters. The number of benzene rings is 1. The molecule has 1 saturated heterocycles. The van der Waals surface area contributed by atoms with E-state index >= 15 is 0 Å². The van der Waals surface area contributed by atoms with Crippen LogP contribution >= 0.6 is 0 Å². The molecule has 0 spiro atoms. The number of hydrogen-bond acceptors (Lipinski definition) is 2. The molecule has 17 heavy (non-hydrogen) atoms. The SMILES string of the molecule is CCCc1ccc(NC2CCCN(C)C2)cc1. The molecule has 1 atom stereocenters. The van der Waals surface area contributed by atoms with E-state index in [4.69, 9.17) is 0 Å². The topological polar surface area (TPSA) is 15.3 Å². The maximum absolute atomic E-state index is 3.64. The second-order valence-corrected chi connectivity index (χ2v) is 5.19. The first-order chi connectivity index (χ1) is 8.28. The Labute approximate surface area is 105 Å². The van der Waals surface area contributed by atoms with Crippen LogP contribution in [0.3, 0.4) is 0 Å². The van der Waals surface area contributed by atoms with Crippen LogP contribution in [0.25, 0.3) is 0 Å². The number of hydrogen-bond donors (Lipinski definition) is 1. The molecule has 0 aliphatic carbocycles. The largest absolute Gasteiger partial charge is 0.381 e. The molecule has 2 rings (SSSR count). The van der Waals surface area contributed by atoms with Crippen molar-refractivity contribution in [3.63, 3.8) is 0 Å². The molecule has 0 amide bonds. The molecule has 1 aromatic rings. The average molecular weight is 232 g/mol. The number of piperidine rings is 1. The summed E-state index contributed by atoms with van der Waals surface area (Å²) < 4.78 is 0. The van der Waals surface area contributed by atoms with Crippen LogP contribution in [-0.2, 0) is 6.42 Å². The molecular formula is C15H24N2. The smallest absolute Gasteiger partial charge is 0.0388 e. The molecule has 1 aliphatic heterocycles. The van der Waals surface area contributed by atoms with Crippen molar-refractivity contribution in [3.05, 3.63) is 29.8 Å². The van der Waals surface area contributed by atoms with Crippen LogP contribution in [0.5, 0.6) is 0 Å². The monoisotopic (exact) mass is 232 g/mol.